The topological polar surface area (TPSA) is 71.7 Å². The molecule has 7 nitrogen and oxygen atoms in total. The summed E-state index contributed by atoms with van der Waals surface area (Å²) in [5.41, 5.74) is 3.26. The van der Waals surface area contributed by atoms with Crippen molar-refractivity contribution in [1.82, 2.24) is 20.1 Å². The van der Waals surface area contributed by atoms with Crippen LogP contribution in [-0.2, 0) is 13.2 Å². The number of aromatic nitrogens is 2. The van der Waals surface area contributed by atoms with Gasteiger partial charge in [-0.15, -0.1) is 0 Å². The van der Waals surface area contributed by atoms with Crippen molar-refractivity contribution in [2.24, 2.45) is 5.92 Å². The van der Waals surface area contributed by atoms with E-state index in [1.165, 1.54) is 18.4 Å². The van der Waals surface area contributed by atoms with Gasteiger partial charge in [-0.25, -0.2) is 4.63 Å². The molecule has 0 unspecified atom stereocenters. The van der Waals surface area contributed by atoms with Gasteiger partial charge in [-0.1, -0.05) is 59.2 Å². The summed E-state index contributed by atoms with van der Waals surface area (Å²) in [7, 11) is 0. The zero-order valence-electron chi connectivity index (χ0n) is 19.0. The predicted molar refractivity (Wildman–Crippen MR) is 124 cm³/mol. The zero-order valence-corrected chi connectivity index (χ0v) is 19.0. The van der Waals surface area contributed by atoms with Gasteiger partial charge in [-0.2, -0.15) is 0 Å². The number of amides is 1. The van der Waals surface area contributed by atoms with Gasteiger partial charge >= 0.3 is 0 Å². The summed E-state index contributed by atoms with van der Waals surface area (Å²) >= 11 is 0. The number of hydrogen-bond acceptors (Lipinski definition) is 6. The molecule has 7 heteroatoms. The maximum atomic E-state index is 13.8. The molecule has 33 heavy (non-hydrogen) atoms. The molecule has 2 saturated heterocycles. The average molecular weight is 447 g/mol. The summed E-state index contributed by atoms with van der Waals surface area (Å²) in [4.78, 5) is 18.4. The monoisotopic (exact) mass is 446 g/mol. The molecule has 0 radical (unpaired) electrons. The van der Waals surface area contributed by atoms with Crippen LogP contribution in [0.5, 0.6) is 5.75 Å². The third-order valence-electron chi connectivity index (χ3n) is 6.84. The normalized spacial score (nSPS) is 20.9. The number of fused-ring (bicyclic) bond motifs is 1. The van der Waals surface area contributed by atoms with Crippen molar-refractivity contribution >= 4 is 5.91 Å². The van der Waals surface area contributed by atoms with Crippen LogP contribution in [0.1, 0.15) is 46.6 Å². The molecule has 2 atom stereocenters. The summed E-state index contributed by atoms with van der Waals surface area (Å²) < 4.78 is 10.8. The van der Waals surface area contributed by atoms with Crippen LogP contribution in [0.2, 0.25) is 0 Å². The van der Waals surface area contributed by atoms with Crippen molar-refractivity contribution in [2.75, 3.05) is 19.6 Å². The first-order valence-corrected chi connectivity index (χ1v) is 11.8. The molecule has 0 spiro atoms. The van der Waals surface area contributed by atoms with Crippen LogP contribution in [0.25, 0.3) is 0 Å². The van der Waals surface area contributed by atoms with Crippen LogP contribution < -0.4 is 4.74 Å². The molecule has 3 heterocycles. The summed E-state index contributed by atoms with van der Waals surface area (Å²) in [6.45, 7) is 5.72. The van der Waals surface area contributed by atoms with Gasteiger partial charge < -0.3 is 9.64 Å². The number of ether oxygens (including phenoxy) is 1. The summed E-state index contributed by atoms with van der Waals surface area (Å²) in [5.74, 6) is 1.14. The fraction of sp³-hybridized carbons (Fsp3) is 0.423. The van der Waals surface area contributed by atoms with E-state index in [9.17, 15) is 4.79 Å². The second-order valence-electron chi connectivity index (χ2n) is 9.08. The van der Waals surface area contributed by atoms with Crippen LogP contribution in [0, 0.1) is 12.8 Å². The molecule has 2 fully saturated rings. The van der Waals surface area contributed by atoms with Crippen LogP contribution >= 0.6 is 0 Å². The van der Waals surface area contributed by atoms with Gasteiger partial charge in [0, 0.05) is 32.2 Å². The summed E-state index contributed by atoms with van der Waals surface area (Å²) in [6, 6.07) is 18.3. The number of carbonyl (C=O) groups is 1. The van der Waals surface area contributed by atoms with Crippen molar-refractivity contribution < 1.29 is 14.2 Å². The Labute approximate surface area is 194 Å². The van der Waals surface area contributed by atoms with E-state index in [0.717, 1.165) is 32.6 Å². The number of nitrogens with zero attached hydrogens (tertiary/aromatic N) is 4. The smallest absolute Gasteiger partial charge is 0.257 e. The third-order valence-corrected chi connectivity index (χ3v) is 6.84. The first-order valence-electron chi connectivity index (χ1n) is 11.8. The Bertz CT molecular complexity index is 1080. The third kappa shape index (κ3) is 4.78. The quantitative estimate of drug-likeness (QED) is 0.568. The van der Waals surface area contributed by atoms with Gasteiger partial charge in [-0.3, -0.25) is 9.69 Å². The largest absolute Gasteiger partial charge is 0.486 e. The molecule has 1 aromatic heterocycles. The number of hydrogen-bond donors (Lipinski definition) is 0. The van der Waals surface area contributed by atoms with Crippen LogP contribution in [0.15, 0.2) is 59.2 Å². The van der Waals surface area contributed by atoms with Gasteiger partial charge in [0.15, 0.2) is 0 Å². The molecule has 2 aliphatic heterocycles. The summed E-state index contributed by atoms with van der Waals surface area (Å²) in [6.07, 6.45) is 3.39. The fourth-order valence-corrected chi connectivity index (χ4v) is 5.11. The number of aryl methyl sites for hydroxylation is 1. The van der Waals surface area contributed by atoms with E-state index in [0.29, 0.717) is 28.6 Å². The highest BCUT2D eigenvalue weighted by Gasteiger charge is 2.40. The molecule has 0 saturated carbocycles. The Morgan fingerprint density at radius 1 is 1.06 bits per heavy atom. The van der Waals surface area contributed by atoms with Gasteiger partial charge in [0.25, 0.3) is 5.91 Å². The first kappa shape index (κ1) is 21.6. The zero-order chi connectivity index (χ0) is 22.6. The van der Waals surface area contributed by atoms with Gasteiger partial charge in [-0.05, 0) is 43.4 Å². The van der Waals surface area contributed by atoms with Gasteiger partial charge in [0.1, 0.15) is 23.7 Å². The molecule has 0 aliphatic carbocycles. The Hall–Kier alpha value is -3.19. The van der Waals surface area contributed by atoms with Gasteiger partial charge in [0.05, 0.1) is 5.56 Å². The SMILES string of the molecule is Cc1nonc1COc1ccccc1C(=O)N1CCCC[C@H]2CN(Cc3ccccc3)C[C@H]21. The molecular weight excluding hydrogens is 416 g/mol. The number of para-hydroxylation sites is 1. The minimum atomic E-state index is 0.0547. The number of carbonyl (C=O) groups excluding carboxylic acids is 1. The standard InChI is InChI=1S/C26H30N4O3/c1-19-23(28-33-27-19)18-32-25-13-6-5-12-22(25)26(31)30-14-8-7-11-21-16-29(17-24(21)30)15-20-9-3-2-4-10-20/h2-6,9-10,12-13,21,24H,7-8,11,14-18H2,1H3/t21-,24+/m0/s1. The minimum Gasteiger partial charge on any atom is -0.486 e. The van der Waals surface area contributed by atoms with E-state index in [4.69, 9.17) is 9.37 Å². The predicted octanol–water partition coefficient (Wildman–Crippen LogP) is 4.08. The van der Waals surface area contributed by atoms with Gasteiger partial charge in [0.2, 0.25) is 0 Å². The van der Waals surface area contributed by atoms with Crippen molar-refractivity contribution in [2.45, 2.75) is 45.4 Å². The van der Waals surface area contributed by atoms with Crippen LogP contribution in [0.3, 0.4) is 0 Å². The minimum absolute atomic E-state index is 0.0547. The molecule has 5 rings (SSSR count). The fourth-order valence-electron chi connectivity index (χ4n) is 5.11. The second-order valence-corrected chi connectivity index (χ2v) is 9.08. The molecular formula is C26H30N4O3. The lowest BCUT2D eigenvalue weighted by Gasteiger charge is -2.31. The van der Waals surface area contributed by atoms with Crippen LogP contribution in [0.4, 0.5) is 0 Å². The second kappa shape index (κ2) is 9.75. The van der Waals surface area contributed by atoms with Crippen molar-refractivity contribution in [3.05, 3.63) is 77.1 Å². The molecule has 1 amide bonds. The highest BCUT2D eigenvalue weighted by molar-refractivity contribution is 5.97. The van der Waals surface area contributed by atoms with E-state index in [2.05, 4.69) is 50.4 Å². The van der Waals surface area contributed by atoms with E-state index in [-0.39, 0.29) is 18.6 Å². The van der Waals surface area contributed by atoms with E-state index in [1.54, 1.807) is 0 Å². The summed E-state index contributed by atoms with van der Waals surface area (Å²) in [5, 5.41) is 7.68. The van der Waals surface area contributed by atoms with E-state index in [1.807, 2.05) is 31.2 Å². The first-order chi connectivity index (χ1) is 16.2. The lowest BCUT2D eigenvalue weighted by molar-refractivity contribution is 0.0658. The highest BCUT2D eigenvalue weighted by atomic mass is 16.6. The molecule has 0 N–H and O–H groups in total. The highest BCUT2D eigenvalue weighted by Crippen LogP contribution is 2.33. The maximum Gasteiger partial charge on any atom is 0.257 e. The van der Waals surface area contributed by atoms with E-state index < -0.39 is 0 Å². The Morgan fingerprint density at radius 3 is 2.70 bits per heavy atom. The molecule has 2 aliphatic rings. The lowest BCUT2D eigenvalue weighted by Crippen LogP contribution is -2.44. The lowest BCUT2D eigenvalue weighted by atomic mass is 9.98. The average Bonchev–Trinajstić information content (AvgIpc) is 3.38. The molecule has 2 aromatic carbocycles. The van der Waals surface area contributed by atoms with Crippen LogP contribution in [-0.4, -0.2) is 51.7 Å². The molecule has 0 bridgehead atoms. The Kier molecular flexibility index (Phi) is 6.39. The Balaban J connectivity index is 1.33. The Morgan fingerprint density at radius 2 is 1.88 bits per heavy atom. The van der Waals surface area contributed by atoms with Crippen molar-refractivity contribution in [3.63, 3.8) is 0 Å². The maximum absolute atomic E-state index is 13.8. The number of benzene rings is 2. The van der Waals surface area contributed by atoms with E-state index >= 15 is 0 Å². The number of likely N-dealkylation sites (tertiary alicyclic amines) is 2. The molecule has 172 valence electrons. The number of rotatable bonds is 6. The van der Waals surface area contributed by atoms with Crippen molar-refractivity contribution in [1.29, 1.82) is 0 Å². The molecule has 3 aromatic rings. The van der Waals surface area contributed by atoms with Crippen molar-refractivity contribution in [3.8, 4) is 5.75 Å².